The predicted octanol–water partition coefficient (Wildman–Crippen LogP) is 3.62. The molecule has 2 aliphatic rings. The first kappa shape index (κ1) is 13.3. The lowest BCUT2D eigenvalue weighted by Gasteiger charge is -2.33. The van der Waals surface area contributed by atoms with Gasteiger partial charge < -0.3 is 10.6 Å². The molecule has 1 saturated heterocycles. The van der Waals surface area contributed by atoms with Gasteiger partial charge in [-0.05, 0) is 54.7 Å². The molecule has 0 bridgehead atoms. The van der Waals surface area contributed by atoms with Crippen LogP contribution < -0.4 is 10.6 Å². The summed E-state index contributed by atoms with van der Waals surface area (Å²) < 4.78 is 0. The van der Waals surface area contributed by atoms with E-state index in [0.29, 0.717) is 6.04 Å². The molecule has 2 fully saturated rings. The number of anilines is 1. The summed E-state index contributed by atoms with van der Waals surface area (Å²) in [5.41, 5.74) is 10.3. The Balaban J connectivity index is 1.73. The molecule has 3 nitrogen and oxygen atoms in total. The van der Waals surface area contributed by atoms with Crippen molar-refractivity contribution in [1.82, 2.24) is 4.98 Å². The molecule has 2 aromatic rings. The molecule has 2 aromatic heterocycles. The van der Waals surface area contributed by atoms with Crippen molar-refractivity contribution >= 4 is 17.0 Å². The van der Waals surface area contributed by atoms with Crippen molar-refractivity contribution in [3.05, 3.63) is 35.5 Å². The predicted molar refractivity (Wildman–Crippen MR) is 88.9 cm³/mol. The van der Waals surface area contributed by atoms with Crippen LogP contribution >= 0.6 is 11.3 Å². The van der Waals surface area contributed by atoms with Crippen molar-refractivity contribution in [2.24, 2.45) is 5.73 Å². The van der Waals surface area contributed by atoms with Crippen LogP contribution in [0.1, 0.15) is 37.2 Å². The van der Waals surface area contributed by atoms with Gasteiger partial charge in [0.25, 0.3) is 0 Å². The summed E-state index contributed by atoms with van der Waals surface area (Å²) in [4.78, 5) is 8.25. The van der Waals surface area contributed by atoms with Crippen LogP contribution in [0.15, 0.2) is 29.9 Å². The molecule has 0 radical (unpaired) electrons. The van der Waals surface area contributed by atoms with E-state index in [0.717, 1.165) is 25.4 Å². The van der Waals surface area contributed by atoms with E-state index in [4.69, 9.17) is 5.73 Å². The van der Waals surface area contributed by atoms with E-state index >= 15 is 0 Å². The van der Waals surface area contributed by atoms with E-state index in [1.807, 2.05) is 23.7 Å². The number of thiophene rings is 1. The molecule has 4 heteroatoms. The van der Waals surface area contributed by atoms with Crippen molar-refractivity contribution in [2.75, 3.05) is 18.0 Å². The molecule has 21 heavy (non-hydrogen) atoms. The van der Waals surface area contributed by atoms with Crippen molar-refractivity contribution in [3.63, 3.8) is 0 Å². The Hall–Kier alpha value is -1.39. The molecule has 1 unspecified atom stereocenters. The van der Waals surface area contributed by atoms with E-state index < -0.39 is 0 Å². The molecular formula is C17H21N3S. The van der Waals surface area contributed by atoms with Gasteiger partial charge in [-0.15, -0.1) is 11.3 Å². The fourth-order valence-electron chi connectivity index (χ4n) is 3.32. The summed E-state index contributed by atoms with van der Waals surface area (Å²) in [5.74, 6) is 0.780. The largest absolute Gasteiger partial charge is 0.369 e. The third-order valence-electron chi connectivity index (χ3n) is 4.55. The Kier molecular flexibility index (Phi) is 3.43. The van der Waals surface area contributed by atoms with Gasteiger partial charge in [0, 0.05) is 47.7 Å². The highest BCUT2D eigenvalue weighted by atomic mass is 32.1. The number of rotatable bonds is 3. The third kappa shape index (κ3) is 2.58. The SMILES string of the molecule is NC1CCCN(c2ccncc2-c2sccc2C2CC2)C1. The van der Waals surface area contributed by atoms with Gasteiger partial charge in [-0.25, -0.2) is 0 Å². The maximum Gasteiger partial charge on any atom is 0.0485 e. The molecule has 1 aliphatic carbocycles. The highest BCUT2D eigenvalue weighted by molar-refractivity contribution is 7.13. The van der Waals surface area contributed by atoms with Crippen LogP contribution in [0.4, 0.5) is 5.69 Å². The molecule has 1 saturated carbocycles. The van der Waals surface area contributed by atoms with Crippen LogP contribution in [-0.2, 0) is 0 Å². The van der Waals surface area contributed by atoms with Gasteiger partial charge in [0.2, 0.25) is 0 Å². The first-order valence-electron chi connectivity index (χ1n) is 7.85. The average molecular weight is 299 g/mol. The number of aromatic nitrogens is 1. The van der Waals surface area contributed by atoms with Crippen molar-refractivity contribution < 1.29 is 0 Å². The van der Waals surface area contributed by atoms with E-state index in [1.165, 1.54) is 41.0 Å². The summed E-state index contributed by atoms with van der Waals surface area (Å²) in [7, 11) is 0. The van der Waals surface area contributed by atoms with Crippen LogP contribution in [0, 0.1) is 0 Å². The topological polar surface area (TPSA) is 42.1 Å². The highest BCUT2D eigenvalue weighted by Crippen LogP contribution is 2.48. The second kappa shape index (κ2) is 5.43. The minimum Gasteiger partial charge on any atom is -0.369 e. The third-order valence-corrected chi connectivity index (χ3v) is 5.52. The minimum absolute atomic E-state index is 0.297. The Labute approximate surface area is 129 Å². The Morgan fingerprint density at radius 1 is 1.24 bits per heavy atom. The lowest BCUT2D eigenvalue weighted by Crippen LogP contribution is -2.43. The zero-order valence-corrected chi connectivity index (χ0v) is 13.0. The molecule has 0 spiro atoms. The van der Waals surface area contributed by atoms with Gasteiger partial charge in [-0.1, -0.05) is 0 Å². The van der Waals surface area contributed by atoms with Gasteiger partial charge in [0.1, 0.15) is 0 Å². The Morgan fingerprint density at radius 2 is 2.14 bits per heavy atom. The number of hydrogen-bond donors (Lipinski definition) is 1. The molecule has 4 rings (SSSR count). The van der Waals surface area contributed by atoms with Gasteiger partial charge in [-0.3, -0.25) is 4.98 Å². The lowest BCUT2D eigenvalue weighted by atomic mass is 10.0. The number of piperidine rings is 1. The normalized spacial score (nSPS) is 22.5. The van der Waals surface area contributed by atoms with Crippen molar-refractivity contribution in [2.45, 2.75) is 37.6 Å². The molecule has 0 aromatic carbocycles. The van der Waals surface area contributed by atoms with Gasteiger partial charge >= 0.3 is 0 Å². The number of nitrogens with zero attached hydrogens (tertiary/aromatic N) is 2. The second-order valence-corrected chi connectivity index (χ2v) is 7.14. The molecule has 110 valence electrons. The van der Waals surface area contributed by atoms with Crippen LogP contribution in [-0.4, -0.2) is 24.1 Å². The van der Waals surface area contributed by atoms with Crippen LogP contribution in [0.5, 0.6) is 0 Å². The summed E-state index contributed by atoms with van der Waals surface area (Å²) in [6.07, 6.45) is 8.95. The summed E-state index contributed by atoms with van der Waals surface area (Å²) in [6.45, 7) is 2.07. The maximum absolute atomic E-state index is 6.16. The van der Waals surface area contributed by atoms with E-state index in [2.05, 4.69) is 27.4 Å². The number of hydrogen-bond acceptors (Lipinski definition) is 4. The second-order valence-electron chi connectivity index (χ2n) is 6.22. The molecule has 1 aliphatic heterocycles. The standard InChI is InChI=1S/C17H21N3S/c18-13-2-1-8-20(11-13)16-5-7-19-10-15(16)17-14(6-9-21-17)12-3-4-12/h5-7,9-10,12-13H,1-4,8,11,18H2. The molecule has 0 amide bonds. The lowest BCUT2D eigenvalue weighted by molar-refractivity contribution is 0.506. The monoisotopic (exact) mass is 299 g/mol. The number of nitrogens with two attached hydrogens (primary N) is 1. The van der Waals surface area contributed by atoms with E-state index in [9.17, 15) is 0 Å². The zero-order chi connectivity index (χ0) is 14.2. The molecule has 2 N–H and O–H groups in total. The summed E-state index contributed by atoms with van der Waals surface area (Å²) in [6, 6.07) is 4.76. The number of pyridine rings is 1. The molecular weight excluding hydrogens is 278 g/mol. The smallest absolute Gasteiger partial charge is 0.0485 e. The van der Waals surface area contributed by atoms with Crippen molar-refractivity contribution in [1.29, 1.82) is 0 Å². The molecule has 3 heterocycles. The Bertz CT molecular complexity index is 632. The van der Waals surface area contributed by atoms with Gasteiger partial charge in [0.15, 0.2) is 0 Å². The van der Waals surface area contributed by atoms with Crippen LogP contribution in [0.2, 0.25) is 0 Å². The first-order chi connectivity index (χ1) is 10.3. The summed E-state index contributed by atoms with van der Waals surface area (Å²) in [5, 5.41) is 2.22. The highest BCUT2D eigenvalue weighted by Gasteiger charge is 2.28. The Morgan fingerprint density at radius 3 is 2.95 bits per heavy atom. The molecule has 1 atom stereocenters. The van der Waals surface area contributed by atoms with Gasteiger partial charge in [-0.2, -0.15) is 0 Å². The first-order valence-corrected chi connectivity index (χ1v) is 8.73. The van der Waals surface area contributed by atoms with E-state index in [1.54, 1.807) is 0 Å². The fraction of sp³-hybridized carbons (Fsp3) is 0.471. The average Bonchev–Trinajstić information content (AvgIpc) is 3.24. The maximum atomic E-state index is 6.16. The fourth-order valence-corrected chi connectivity index (χ4v) is 4.33. The zero-order valence-electron chi connectivity index (χ0n) is 12.2. The quantitative estimate of drug-likeness (QED) is 0.941. The minimum atomic E-state index is 0.297. The van der Waals surface area contributed by atoms with Crippen LogP contribution in [0.3, 0.4) is 0 Å². The van der Waals surface area contributed by atoms with Crippen molar-refractivity contribution in [3.8, 4) is 10.4 Å². The van der Waals surface area contributed by atoms with E-state index in [-0.39, 0.29) is 0 Å². The van der Waals surface area contributed by atoms with Gasteiger partial charge in [0.05, 0.1) is 0 Å². The summed E-state index contributed by atoms with van der Waals surface area (Å²) >= 11 is 1.85. The van der Waals surface area contributed by atoms with Crippen LogP contribution in [0.25, 0.3) is 10.4 Å².